The van der Waals surface area contributed by atoms with Crippen LogP contribution in [0.3, 0.4) is 0 Å². The molecular weight excluding hydrogens is 310 g/mol. The van der Waals surface area contributed by atoms with Crippen LogP contribution in [-0.4, -0.2) is 33.0 Å². The number of anilines is 2. The fraction of sp³-hybridized carbons (Fsp3) is 0.250. The third-order valence-corrected chi connectivity index (χ3v) is 3.59. The maximum atomic E-state index is 12.0. The zero-order chi connectivity index (χ0) is 17.1. The highest BCUT2D eigenvalue weighted by Gasteiger charge is 2.24. The Kier molecular flexibility index (Phi) is 4.28. The lowest BCUT2D eigenvalue weighted by Crippen LogP contribution is -2.25. The number of nitrogens with one attached hydrogen (secondary N) is 3. The van der Waals surface area contributed by atoms with Gasteiger partial charge in [-0.3, -0.25) is 15.6 Å². The minimum atomic E-state index is -1.08. The third-order valence-electron chi connectivity index (χ3n) is 3.59. The molecule has 0 unspecified atom stereocenters. The fourth-order valence-electron chi connectivity index (χ4n) is 2.12. The number of hydrazine groups is 1. The van der Waals surface area contributed by atoms with Crippen LogP contribution in [0.15, 0.2) is 30.6 Å². The Morgan fingerprint density at radius 2 is 1.96 bits per heavy atom. The highest BCUT2D eigenvalue weighted by molar-refractivity contribution is 5.95. The van der Waals surface area contributed by atoms with Crippen molar-refractivity contribution in [1.82, 2.24) is 15.3 Å². The molecule has 8 nitrogen and oxygen atoms in total. The SMILES string of the molecule is Cc1cc(C(=O)NC2CC2)cnc1NNc1ncccc1C(=O)O. The number of carbonyl (C=O) groups excluding carboxylic acids is 1. The molecule has 3 rings (SSSR count). The standard InChI is InChI=1S/C16H17N5O3/c1-9-7-10(15(22)19-11-4-5-11)8-18-13(9)20-21-14-12(16(23)24)3-2-6-17-14/h2-3,6-8,11H,4-5H2,1H3,(H,17,21)(H,18,20)(H,19,22)(H,23,24). The molecule has 1 saturated carbocycles. The molecule has 0 spiro atoms. The van der Waals surface area contributed by atoms with E-state index in [9.17, 15) is 9.59 Å². The Bertz CT molecular complexity index is 789. The van der Waals surface area contributed by atoms with Gasteiger partial charge < -0.3 is 10.4 Å². The van der Waals surface area contributed by atoms with Gasteiger partial charge in [-0.25, -0.2) is 14.8 Å². The molecule has 24 heavy (non-hydrogen) atoms. The molecule has 2 heterocycles. The molecule has 1 aliphatic rings. The fourth-order valence-corrected chi connectivity index (χ4v) is 2.12. The second-order valence-electron chi connectivity index (χ2n) is 5.59. The van der Waals surface area contributed by atoms with Crippen molar-refractivity contribution < 1.29 is 14.7 Å². The predicted molar refractivity (Wildman–Crippen MR) is 87.9 cm³/mol. The smallest absolute Gasteiger partial charge is 0.339 e. The van der Waals surface area contributed by atoms with Crippen molar-refractivity contribution >= 4 is 23.5 Å². The van der Waals surface area contributed by atoms with Gasteiger partial charge in [0.15, 0.2) is 5.82 Å². The van der Waals surface area contributed by atoms with Gasteiger partial charge in [0, 0.05) is 18.4 Å². The summed E-state index contributed by atoms with van der Waals surface area (Å²) in [7, 11) is 0. The summed E-state index contributed by atoms with van der Waals surface area (Å²) in [4.78, 5) is 31.3. The molecule has 124 valence electrons. The van der Waals surface area contributed by atoms with Crippen LogP contribution in [0, 0.1) is 6.92 Å². The summed E-state index contributed by atoms with van der Waals surface area (Å²) in [6.45, 7) is 1.81. The van der Waals surface area contributed by atoms with E-state index in [0.717, 1.165) is 18.4 Å². The maximum Gasteiger partial charge on any atom is 0.339 e. The van der Waals surface area contributed by atoms with Crippen LogP contribution in [0.1, 0.15) is 39.1 Å². The number of aryl methyl sites for hydroxylation is 1. The van der Waals surface area contributed by atoms with E-state index in [0.29, 0.717) is 11.4 Å². The quantitative estimate of drug-likeness (QED) is 0.598. The lowest BCUT2D eigenvalue weighted by atomic mass is 10.2. The highest BCUT2D eigenvalue weighted by atomic mass is 16.4. The van der Waals surface area contributed by atoms with Crippen molar-refractivity contribution in [2.24, 2.45) is 0 Å². The first kappa shape index (κ1) is 15.7. The summed E-state index contributed by atoms with van der Waals surface area (Å²) in [6.07, 6.45) is 5.02. The second-order valence-corrected chi connectivity index (χ2v) is 5.59. The molecule has 4 N–H and O–H groups in total. The molecule has 1 fully saturated rings. The van der Waals surface area contributed by atoms with Gasteiger partial charge in [0.25, 0.3) is 5.91 Å². The van der Waals surface area contributed by atoms with Crippen molar-refractivity contribution in [1.29, 1.82) is 0 Å². The number of hydrogen-bond acceptors (Lipinski definition) is 6. The van der Waals surface area contributed by atoms with Gasteiger partial charge in [0.05, 0.1) is 5.56 Å². The van der Waals surface area contributed by atoms with E-state index < -0.39 is 5.97 Å². The number of pyridine rings is 2. The molecule has 8 heteroatoms. The zero-order valence-electron chi connectivity index (χ0n) is 13.0. The van der Waals surface area contributed by atoms with Gasteiger partial charge in [-0.1, -0.05) is 0 Å². The highest BCUT2D eigenvalue weighted by Crippen LogP contribution is 2.20. The molecule has 0 atom stereocenters. The van der Waals surface area contributed by atoms with Crippen molar-refractivity contribution in [3.63, 3.8) is 0 Å². The first-order chi connectivity index (χ1) is 11.5. The van der Waals surface area contributed by atoms with Crippen LogP contribution in [0.2, 0.25) is 0 Å². The molecule has 2 aromatic rings. The van der Waals surface area contributed by atoms with E-state index in [-0.39, 0.29) is 23.3 Å². The maximum absolute atomic E-state index is 12.0. The van der Waals surface area contributed by atoms with Crippen LogP contribution in [0.25, 0.3) is 0 Å². The predicted octanol–water partition coefficient (Wildman–Crippen LogP) is 1.81. The summed E-state index contributed by atoms with van der Waals surface area (Å²) >= 11 is 0. The van der Waals surface area contributed by atoms with Gasteiger partial charge in [-0.15, -0.1) is 0 Å². The number of aromatic nitrogens is 2. The van der Waals surface area contributed by atoms with Crippen LogP contribution in [-0.2, 0) is 0 Å². The van der Waals surface area contributed by atoms with E-state index in [1.807, 2.05) is 0 Å². The molecular formula is C16H17N5O3. The van der Waals surface area contributed by atoms with Crippen molar-refractivity contribution in [3.05, 3.63) is 47.3 Å². The van der Waals surface area contributed by atoms with E-state index in [1.165, 1.54) is 18.5 Å². The number of rotatable bonds is 6. The number of aromatic carboxylic acids is 1. The molecule has 0 radical (unpaired) electrons. The molecule has 1 amide bonds. The number of amides is 1. The number of nitrogens with zero attached hydrogens (tertiary/aromatic N) is 2. The van der Waals surface area contributed by atoms with Crippen LogP contribution in [0.4, 0.5) is 11.6 Å². The Hall–Kier alpha value is -3.16. The zero-order valence-corrected chi connectivity index (χ0v) is 13.0. The monoisotopic (exact) mass is 327 g/mol. The minimum Gasteiger partial charge on any atom is -0.478 e. The first-order valence-corrected chi connectivity index (χ1v) is 7.52. The van der Waals surface area contributed by atoms with Crippen LogP contribution < -0.4 is 16.2 Å². The van der Waals surface area contributed by atoms with E-state index >= 15 is 0 Å². The van der Waals surface area contributed by atoms with Crippen LogP contribution >= 0.6 is 0 Å². The summed E-state index contributed by atoms with van der Waals surface area (Å²) in [5.74, 6) is -0.545. The van der Waals surface area contributed by atoms with Gasteiger partial charge in [0.2, 0.25) is 0 Å². The summed E-state index contributed by atoms with van der Waals surface area (Å²) in [6, 6.07) is 5.01. The normalized spacial score (nSPS) is 13.2. The summed E-state index contributed by atoms with van der Waals surface area (Å²) in [5.41, 5.74) is 6.85. The first-order valence-electron chi connectivity index (χ1n) is 7.52. The average molecular weight is 327 g/mol. The van der Waals surface area contributed by atoms with E-state index in [1.54, 1.807) is 19.1 Å². The minimum absolute atomic E-state index is 0.0445. The molecule has 0 bridgehead atoms. The summed E-state index contributed by atoms with van der Waals surface area (Å²) in [5, 5.41) is 12.0. The number of carboxylic acid groups (broad SMARTS) is 1. The van der Waals surface area contributed by atoms with E-state index in [2.05, 4.69) is 26.1 Å². The Morgan fingerprint density at radius 3 is 2.62 bits per heavy atom. The van der Waals surface area contributed by atoms with Gasteiger partial charge in [-0.2, -0.15) is 0 Å². The Labute approximate surface area is 138 Å². The second kappa shape index (κ2) is 6.53. The van der Waals surface area contributed by atoms with Crippen LogP contribution in [0.5, 0.6) is 0 Å². The van der Waals surface area contributed by atoms with Gasteiger partial charge in [-0.05, 0) is 43.5 Å². The van der Waals surface area contributed by atoms with Crippen molar-refractivity contribution in [3.8, 4) is 0 Å². The Balaban J connectivity index is 1.69. The molecule has 1 aliphatic carbocycles. The third kappa shape index (κ3) is 3.60. The Morgan fingerprint density at radius 1 is 1.21 bits per heavy atom. The van der Waals surface area contributed by atoms with E-state index in [4.69, 9.17) is 5.11 Å². The van der Waals surface area contributed by atoms with Crippen molar-refractivity contribution in [2.45, 2.75) is 25.8 Å². The lowest BCUT2D eigenvalue weighted by molar-refractivity contribution is 0.0697. The largest absolute Gasteiger partial charge is 0.478 e. The number of hydrogen-bond donors (Lipinski definition) is 4. The molecule has 0 saturated heterocycles. The summed E-state index contributed by atoms with van der Waals surface area (Å²) < 4.78 is 0. The van der Waals surface area contributed by atoms with Gasteiger partial charge in [0.1, 0.15) is 11.4 Å². The average Bonchev–Trinajstić information content (AvgIpc) is 3.37. The lowest BCUT2D eigenvalue weighted by Gasteiger charge is -2.13. The number of carboxylic acids is 1. The molecule has 0 aromatic carbocycles. The van der Waals surface area contributed by atoms with Crippen molar-refractivity contribution in [2.75, 3.05) is 10.9 Å². The topological polar surface area (TPSA) is 116 Å². The number of carbonyl (C=O) groups is 2. The van der Waals surface area contributed by atoms with Gasteiger partial charge >= 0.3 is 5.97 Å². The molecule has 2 aromatic heterocycles. The molecule has 0 aliphatic heterocycles.